The fraction of sp³-hybridized carbons (Fsp3) is 0.462. The van der Waals surface area contributed by atoms with Crippen LogP contribution in [0, 0.1) is 11.8 Å². The minimum atomic E-state index is -0.958. The number of likely N-dealkylation sites (N-methyl/N-ethyl adjacent to an activating group) is 1. The zero-order valence-corrected chi connectivity index (χ0v) is 31.0. The van der Waals surface area contributed by atoms with Crippen LogP contribution in [0.15, 0.2) is 66.9 Å². The van der Waals surface area contributed by atoms with Crippen LogP contribution >= 0.6 is 0 Å². The number of ether oxygens (including phenoxy) is 1. The second-order valence-electron chi connectivity index (χ2n) is 15.1. The van der Waals surface area contributed by atoms with Gasteiger partial charge in [-0.1, -0.05) is 24.3 Å². The van der Waals surface area contributed by atoms with E-state index in [0.29, 0.717) is 36.5 Å². The van der Waals surface area contributed by atoms with Crippen molar-refractivity contribution in [3.8, 4) is 22.5 Å². The van der Waals surface area contributed by atoms with Gasteiger partial charge in [0.25, 0.3) is 5.91 Å². The van der Waals surface area contributed by atoms with Crippen molar-refractivity contribution >= 4 is 29.4 Å². The van der Waals surface area contributed by atoms with Gasteiger partial charge < -0.3 is 25.6 Å². The Kier molecular flexibility index (Phi) is 11.8. The SMILES string of the molecule is CN1CCN(c2ccc(-c3ccc(C[C@H](N)C(=O)N(C(=O)C4CCC(CNC(=O)OC(C)(C)C)CC4)c4ccc(-c5nn[nH]n5)cc4)cc3)cn2)CC1. The molecule has 2 fully saturated rings. The van der Waals surface area contributed by atoms with Gasteiger partial charge in [-0.2, -0.15) is 5.21 Å². The number of pyridine rings is 1. The van der Waals surface area contributed by atoms with Crippen LogP contribution in [0.5, 0.6) is 0 Å². The highest BCUT2D eigenvalue weighted by atomic mass is 16.6. The standard InChI is InChI=1S/C39H50N10O4/c1-39(2,3)53-38(52)42-24-27-7-11-30(12-8-27)36(50)49(32-16-13-29(14-17-32)35-43-45-46-44-35)37(51)33(40)23-26-5-9-28(10-6-26)31-15-18-34(41-25-31)48-21-19-47(4)20-22-48/h5-6,9-10,13-18,25,27,30,33H,7-8,11-12,19-24,40H2,1-4H3,(H,42,52)(H,43,44,45,46)/t27?,30?,33-/m0/s1. The summed E-state index contributed by atoms with van der Waals surface area (Å²) >= 11 is 0. The molecule has 2 aliphatic rings. The molecule has 1 aliphatic heterocycles. The summed E-state index contributed by atoms with van der Waals surface area (Å²) in [6.45, 7) is 9.90. The average molecular weight is 723 g/mol. The molecule has 3 heterocycles. The Morgan fingerprint density at radius 2 is 1.58 bits per heavy atom. The summed E-state index contributed by atoms with van der Waals surface area (Å²) in [6, 6.07) is 18.1. The van der Waals surface area contributed by atoms with E-state index < -0.39 is 23.6 Å². The van der Waals surface area contributed by atoms with E-state index in [4.69, 9.17) is 15.5 Å². The first-order valence-electron chi connectivity index (χ1n) is 18.4. The quantitative estimate of drug-likeness (QED) is 0.211. The molecule has 14 nitrogen and oxygen atoms in total. The number of aromatic nitrogens is 5. The van der Waals surface area contributed by atoms with Gasteiger partial charge in [-0.15, -0.1) is 10.2 Å². The smallest absolute Gasteiger partial charge is 0.407 e. The molecule has 0 bridgehead atoms. The van der Waals surface area contributed by atoms with Crippen LogP contribution in [0.1, 0.15) is 52.0 Å². The van der Waals surface area contributed by atoms with Crippen molar-refractivity contribution in [2.24, 2.45) is 17.6 Å². The lowest BCUT2D eigenvalue weighted by Gasteiger charge is -2.33. The highest BCUT2D eigenvalue weighted by molar-refractivity contribution is 6.17. The number of piperazine rings is 1. The minimum Gasteiger partial charge on any atom is -0.444 e. The first kappa shape index (κ1) is 37.5. The zero-order chi connectivity index (χ0) is 37.5. The minimum absolute atomic E-state index is 0.209. The van der Waals surface area contributed by atoms with Crippen LogP contribution in [0.2, 0.25) is 0 Å². The highest BCUT2D eigenvalue weighted by Gasteiger charge is 2.35. The molecular weight excluding hydrogens is 672 g/mol. The van der Waals surface area contributed by atoms with E-state index in [9.17, 15) is 14.4 Å². The van der Waals surface area contributed by atoms with E-state index in [1.165, 1.54) is 4.90 Å². The van der Waals surface area contributed by atoms with Crippen LogP contribution in [0.4, 0.5) is 16.3 Å². The molecule has 3 amide bonds. The fourth-order valence-electron chi connectivity index (χ4n) is 6.86. The van der Waals surface area contributed by atoms with Crippen LogP contribution in [-0.2, 0) is 20.7 Å². The van der Waals surface area contributed by atoms with Crippen molar-refractivity contribution in [3.63, 3.8) is 0 Å². The first-order chi connectivity index (χ1) is 25.4. The van der Waals surface area contributed by atoms with Crippen molar-refractivity contribution in [2.45, 2.75) is 64.5 Å². The number of amides is 3. The topological polar surface area (TPSA) is 176 Å². The lowest BCUT2D eigenvalue weighted by molar-refractivity contribution is -0.130. The van der Waals surface area contributed by atoms with Crippen LogP contribution in [0.3, 0.4) is 0 Å². The van der Waals surface area contributed by atoms with Crippen molar-refractivity contribution in [3.05, 3.63) is 72.4 Å². The van der Waals surface area contributed by atoms with Gasteiger partial charge >= 0.3 is 6.09 Å². The molecule has 1 aliphatic carbocycles. The summed E-state index contributed by atoms with van der Waals surface area (Å²) in [5.41, 5.74) is 10.0. The fourth-order valence-corrected chi connectivity index (χ4v) is 6.86. The second-order valence-corrected chi connectivity index (χ2v) is 15.1. The van der Waals surface area contributed by atoms with Gasteiger partial charge in [0.1, 0.15) is 11.4 Å². The van der Waals surface area contributed by atoms with E-state index in [0.717, 1.165) is 61.5 Å². The first-order valence-corrected chi connectivity index (χ1v) is 18.4. The largest absolute Gasteiger partial charge is 0.444 e. The number of aromatic amines is 1. The van der Waals surface area contributed by atoms with Gasteiger partial charge in [-0.3, -0.25) is 9.59 Å². The lowest BCUT2D eigenvalue weighted by atomic mass is 9.81. The number of nitrogens with one attached hydrogen (secondary N) is 2. The second kappa shape index (κ2) is 16.6. The molecular formula is C39H50N10O4. The summed E-state index contributed by atoms with van der Waals surface area (Å²) in [5.74, 6) is 0.482. The molecule has 53 heavy (non-hydrogen) atoms. The van der Waals surface area contributed by atoms with Gasteiger partial charge in [0.2, 0.25) is 11.7 Å². The van der Waals surface area contributed by atoms with E-state index >= 15 is 0 Å². The number of imide groups is 1. The van der Waals surface area contributed by atoms with Crippen LogP contribution in [-0.4, -0.2) is 99.8 Å². The molecule has 0 unspecified atom stereocenters. The normalized spacial score (nSPS) is 18.6. The number of nitrogens with zero attached hydrogens (tertiary/aromatic N) is 7. The predicted octanol–water partition coefficient (Wildman–Crippen LogP) is 4.44. The molecule has 4 N–H and O–H groups in total. The molecule has 0 spiro atoms. The number of anilines is 2. The van der Waals surface area contributed by atoms with E-state index in [-0.39, 0.29) is 24.2 Å². The summed E-state index contributed by atoms with van der Waals surface area (Å²) in [6.07, 6.45) is 4.35. The van der Waals surface area contributed by atoms with Crippen molar-refractivity contribution in [1.29, 1.82) is 0 Å². The van der Waals surface area contributed by atoms with E-state index in [2.05, 4.69) is 54.9 Å². The molecule has 6 rings (SSSR count). The number of hydrogen-bond donors (Lipinski definition) is 3. The molecule has 1 atom stereocenters. The van der Waals surface area contributed by atoms with Crippen molar-refractivity contribution < 1.29 is 19.1 Å². The third-order valence-electron chi connectivity index (χ3n) is 9.93. The molecule has 0 radical (unpaired) electrons. The van der Waals surface area contributed by atoms with Crippen LogP contribution < -0.4 is 20.9 Å². The molecule has 14 heteroatoms. The Labute approximate surface area is 310 Å². The number of rotatable bonds is 10. The van der Waals surface area contributed by atoms with Crippen molar-refractivity contribution in [2.75, 3.05) is 49.6 Å². The molecule has 2 aromatic carbocycles. The number of carbonyl (C=O) groups excluding carboxylic acids is 3. The summed E-state index contributed by atoms with van der Waals surface area (Å²) in [4.78, 5) is 51.1. The number of alkyl carbamates (subject to hydrolysis) is 1. The third kappa shape index (κ3) is 9.82. The maximum Gasteiger partial charge on any atom is 0.407 e. The molecule has 4 aromatic rings. The summed E-state index contributed by atoms with van der Waals surface area (Å²) in [5, 5.41) is 17.0. The highest BCUT2D eigenvalue weighted by Crippen LogP contribution is 2.32. The molecule has 1 saturated carbocycles. The number of carbonyl (C=O) groups is 3. The number of hydrogen-bond acceptors (Lipinski definition) is 11. The van der Waals surface area contributed by atoms with Crippen LogP contribution in [0.25, 0.3) is 22.5 Å². The van der Waals surface area contributed by atoms with Gasteiger partial charge in [-0.25, -0.2) is 14.7 Å². The maximum absolute atomic E-state index is 14.2. The van der Waals surface area contributed by atoms with E-state index in [1.54, 1.807) is 24.3 Å². The maximum atomic E-state index is 14.2. The Morgan fingerprint density at radius 3 is 2.19 bits per heavy atom. The molecule has 280 valence electrons. The Bertz CT molecular complexity index is 1810. The summed E-state index contributed by atoms with van der Waals surface area (Å²) in [7, 11) is 2.14. The Balaban J connectivity index is 1.11. The van der Waals surface area contributed by atoms with Gasteiger partial charge in [0.05, 0.1) is 11.7 Å². The number of tetrazole rings is 1. The van der Waals surface area contributed by atoms with E-state index in [1.807, 2.05) is 51.2 Å². The number of H-pyrrole nitrogens is 1. The predicted molar refractivity (Wildman–Crippen MR) is 203 cm³/mol. The van der Waals surface area contributed by atoms with Crippen molar-refractivity contribution in [1.82, 2.24) is 35.8 Å². The lowest BCUT2D eigenvalue weighted by Crippen LogP contribution is -2.50. The Hall–Kier alpha value is -5.21. The molecule has 2 aromatic heterocycles. The zero-order valence-electron chi connectivity index (χ0n) is 31.0. The van der Waals surface area contributed by atoms with Gasteiger partial charge in [0, 0.05) is 56.0 Å². The number of nitrogens with two attached hydrogens (primary N) is 1. The molecule has 1 saturated heterocycles. The third-order valence-corrected chi connectivity index (χ3v) is 9.93. The average Bonchev–Trinajstić information content (AvgIpc) is 3.70. The van der Waals surface area contributed by atoms with Gasteiger partial charge in [-0.05, 0) is 119 Å². The Morgan fingerprint density at radius 1 is 0.925 bits per heavy atom. The van der Waals surface area contributed by atoms with Gasteiger partial charge in [0.15, 0.2) is 0 Å². The monoisotopic (exact) mass is 722 g/mol. The summed E-state index contributed by atoms with van der Waals surface area (Å²) < 4.78 is 5.37. The number of benzene rings is 2.